The van der Waals surface area contributed by atoms with E-state index in [0.29, 0.717) is 37.1 Å². The lowest BCUT2D eigenvalue weighted by atomic mass is 9.88. The minimum atomic E-state index is -0.647. The number of hydrogen-bond donors (Lipinski definition) is 1. The molecule has 2 fully saturated rings. The summed E-state index contributed by atoms with van der Waals surface area (Å²) in [6, 6.07) is 0.309. The number of nitrogens with one attached hydrogen (secondary N) is 1. The van der Waals surface area contributed by atoms with Crippen LogP contribution in [0.4, 0.5) is 0 Å². The molecule has 1 saturated carbocycles. The van der Waals surface area contributed by atoms with Crippen LogP contribution in [0.3, 0.4) is 0 Å². The van der Waals surface area contributed by atoms with Gasteiger partial charge < -0.3 is 10.2 Å². The second-order valence-corrected chi connectivity index (χ2v) is 7.90. The van der Waals surface area contributed by atoms with E-state index in [0.717, 1.165) is 25.8 Å². The maximum atomic E-state index is 13.0. The van der Waals surface area contributed by atoms with Crippen LogP contribution < -0.4 is 5.32 Å². The normalized spacial score (nSPS) is 23.1. The Balaban J connectivity index is 2.12. The largest absolute Gasteiger partial charge is 0.351 e. The Bertz CT molecular complexity index is 423. The second kappa shape index (κ2) is 7.67. The summed E-state index contributed by atoms with van der Waals surface area (Å²) in [5, 5.41) is 3.24. The van der Waals surface area contributed by atoms with Gasteiger partial charge in [0.1, 0.15) is 5.54 Å². The highest BCUT2D eigenvalue weighted by atomic mass is 16.2. The molecule has 2 aliphatic rings. The lowest BCUT2D eigenvalue weighted by Gasteiger charge is -2.40. The highest BCUT2D eigenvalue weighted by Crippen LogP contribution is 2.34. The Morgan fingerprint density at radius 1 is 1.26 bits per heavy atom. The van der Waals surface area contributed by atoms with Gasteiger partial charge in [-0.1, -0.05) is 40.5 Å². The summed E-state index contributed by atoms with van der Waals surface area (Å²) in [7, 11) is 0. The molecule has 0 aromatic carbocycles. The van der Waals surface area contributed by atoms with E-state index in [1.165, 1.54) is 12.8 Å². The Morgan fingerprint density at radius 3 is 2.39 bits per heavy atom. The zero-order valence-corrected chi connectivity index (χ0v) is 15.4. The topological polar surface area (TPSA) is 49.4 Å². The number of carbonyl (C=O) groups excluding carboxylic acids is 2. The quantitative estimate of drug-likeness (QED) is 0.780. The first-order valence-corrected chi connectivity index (χ1v) is 9.54. The van der Waals surface area contributed by atoms with Crippen molar-refractivity contribution in [1.29, 1.82) is 0 Å². The lowest BCUT2D eigenvalue weighted by molar-refractivity contribution is -0.145. The Labute approximate surface area is 141 Å². The Hall–Kier alpha value is -1.06. The molecule has 0 spiro atoms. The number of carbonyl (C=O) groups is 2. The van der Waals surface area contributed by atoms with Crippen LogP contribution in [0.2, 0.25) is 0 Å². The van der Waals surface area contributed by atoms with E-state index in [1.807, 2.05) is 18.7 Å². The summed E-state index contributed by atoms with van der Waals surface area (Å²) >= 11 is 0. The molecule has 1 heterocycles. The van der Waals surface area contributed by atoms with Crippen molar-refractivity contribution in [2.24, 2.45) is 11.8 Å². The van der Waals surface area contributed by atoms with Gasteiger partial charge in [0.2, 0.25) is 11.8 Å². The second-order valence-electron chi connectivity index (χ2n) is 7.90. The van der Waals surface area contributed by atoms with Crippen molar-refractivity contribution < 1.29 is 9.59 Å². The van der Waals surface area contributed by atoms with Crippen LogP contribution in [0.15, 0.2) is 0 Å². The first-order valence-electron chi connectivity index (χ1n) is 9.54. The standard InChI is InChI=1S/C19H34N2O2/c1-5-19(6-2,18(23)20-16-9-7-8-10-16)21-13-15(11-14(3)4)12-17(21)22/h14-16H,5-13H2,1-4H3,(H,20,23)/t15-/m0/s1. The molecule has 2 rings (SSSR count). The van der Waals surface area contributed by atoms with E-state index < -0.39 is 5.54 Å². The number of amides is 2. The van der Waals surface area contributed by atoms with Gasteiger partial charge in [0.15, 0.2) is 0 Å². The molecule has 1 aliphatic heterocycles. The third-order valence-electron chi connectivity index (χ3n) is 5.81. The van der Waals surface area contributed by atoms with Crippen molar-refractivity contribution in [1.82, 2.24) is 10.2 Å². The van der Waals surface area contributed by atoms with Crippen LogP contribution in [0.5, 0.6) is 0 Å². The van der Waals surface area contributed by atoms with Crippen LogP contribution in [0, 0.1) is 11.8 Å². The number of nitrogens with zero attached hydrogens (tertiary/aromatic N) is 1. The van der Waals surface area contributed by atoms with Gasteiger partial charge in [-0.3, -0.25) is 9.59 Å². The van der Waals surface area contributed by atoms with E-state index in [2.05, 4.69) is 19.2 Å². The minimum Gasteiger partial charge on any atom is -0.351 e. The van der Waals surface area contributed by atoms with E-state index >= 15 is 0 Å². The maximum absolute atomic E-state index is 13.0. The molecule has 132 valence electrons. The molecule has 2 amide bonds. The van der Waals surface area contributed by atoms with Gasteiger partial charge in [0.25, 0.3) is 0 Å². The molecule has 4 heteroatoms. The molecular formula is C19H34N2O2. The van der Waals surface area contributed by atoms with Crippen LogP contribution >= 0.6 is 0 Å². The van der Waals surface area contributed by atoms with E-state index in [4.69, 9.17) is 0 Å². The zero-order valence-electron chi connectivity index (χ0n) is 15.4. The van der Waals surface area contributed by atoms with Gasteiger partial charge in [-0.15, -0.1) is 0 Å². The van der Waals surface area contributed by atoms with Crippen molar-refractivity contribution in [2.75, 3.05) is 6.54 Å². The Kier molecular flexibility index (Phi) is 6.10. The summed E-state index contributed by atoms with van der Waals surface area (Å²) < 4.78 is 0. The molecule has 0 radical (unpaired) electrons. The SMILES string of the molecule is CCC(CC)(C(=O)NC1CCCC1)N1C[C@@H](CC(C)C)CC1=O. The third-order valence-corrected chi connectivity index (χ3v) is 5.81. The average molecular weight is 322 g/mol. The summed E-state index contributed by atoms with van der Waals surface area (Å²) in [6.07, 6.45) is 7.64. The fourth-order valence-corrected chi connectivity index (χ4v) is 4.48. The van der Waals surface area contributed by atoms with Crippen molar-refractivity contribution >= 4 is 11.8 Å². The van der Waals surface area contributed by atoms with Crippen molar-refractivity contribution in [3.05, 3.63) is 0 Å². The van der Waals surface area contributed by atoms with Crippen molar-refractivity contribution in [3.63, 3.8) is 0 Å². The summed E-state index contributed by atoms with van der Waals surface area (Å²) in [6.45, 7) is 9.23. The molecule has 23 heavy (non-hydrogen) atoms. The van der Waals surface area contributed by atoms with E-state index in [9.17, 15) is 9.59 Å². The average Bonchev–Trinajstić information content (AvgIpc) is 3.11. The maximum Gasteiger partial charge on any atom is 0.246 e. The molecule has 0 unspecified atom stereocenters. The van der Waals surface area contributed by atoms with Crippen molar-refractivity contribution in [2.45, 2.75) is 90.6 Å². The predicted octanol–water partition coefficient (Wildman–Crippen LogP) is 3.50. The lowest BCUT2D eigenvalue weighted by Crippen LogP contribution is -2.60. The summed E-state index contributed by atoms with van der Waals surface area (Å²) in [4.78, 5) is 27.6. The number of likely N-dealkylation sites (tertiary alicyclic amines) is 1. The van der Waals surface area contributed by atoms with E-state index in [1.54, 1.807) is 0 Å². The van der Waals surface area contributed by atoms with Crippen LogP contribution in [-0.2, 0) is 9.59 Å². The Morgan fingerprint density at radius 2 is 1.87 bits per heavy atom. The smallest absolute Gasteiger partial charge is 0.246 e. The summed E-state index contributed by atoms with van der Waals surface area (Å²) in [5.74, 6) is 1.24. The monoisotopic (exact) mass is 322 g/mol. The first kappa shape index (κ1) is 18.3. The zero-order chi connectivity index (χ0) is 17.0. The molecule has 1 N–H and O–H groups in total. The number of hydrogen-bond acceptors (Lipinski definition) is 2. The molecule has 1 saturated heterocycles. The molecule has 0 aromatic rings. The molecule has 1 atom stereocenters. The number of rotatable bonds is 7. The van der Waals surface area contributed by atoms with Gasteiger partial charge in [-0.05, 0) is 43.9 Å². The molecule has 0 aromatic heterocycles. The highest BCUT2D eigenvalue weighted by molar-refractivity contribution is 5.92. The van der Waals surface area contributed by atoms with Gasteiger partial charge >= 0.3 is 0 Å². The third kappa shape index (κ3) is 3.89. The predicted molar refractivity (Wildman–Crippen MR) is 93.0 cm³/mol. The van der Waals surface area contributed by atoms with Gasteiger partial charge in [-0.25, -0.2) is 0 Å². The molecular weight excluding hydrogens is 288 g/mol. The molecule has 4 nitrogen and oxygen atoms in total. The van der Waals surface area contributed by atoms with Crippen LogP contribution in [0.1, 0.15) is 79.1 Å². The highest BCUT2D eigenvalue weighted by Gasteiger charge is 2.47. The summed E-state index contributed by atoms with van der Waals surface area (Å²) in [5.41, 5.74) is -0.647. The van der Waals surface area contributed by atoms with Crippen LogP contribution in [-0.4, -0.2) is 34.8 Å². The van der Waals surface area contributed by atoms with Crippen molar-refractivity contribution in [3.8, 4) is 0 Å². The van der Waals surface area contributed by atoms with Gasteiger partial charge in [0, 0.05) is 19.0 Å². The van der Waals surface area contributed by atoms with Gasteiger partial charge in [0.05, 0.1) is 0 Å². The molecule has 0 bridgehead atoms. The fourth-order valence-electron chi connectivity index (χ4n) is 4.48. The van der Waals surface area contributed by atoms with E-state index in [-0.39, 0.29) is 11.8 Å². The first-order chi connectivity index (χ1) is 10.9. The fraction of sp³-hybridized carbons (Fsp3) is 0.895. The minimum absolute atomic E-state index is 0.0768. The van der Waals surface area contributed by atoms with Gasteiger partial charge in [-0.2, -0.15) is 0 Å². The molecule has 1 aliphatic carbocycles. The van der Waals surface area contributed by atoms with Crippen LogP contribution in [0.25, 0.3) is 0 Å².